The van der Waals surface area contributed by atoms with Crippen LogP contribution in [0.4, 0.5) is 0 Å². The topological polar surface area (TPSA) is 96.0 Å². The van der Waals surface area contributed by atoms with E-state index < -0.39 is 9.84 Å². The van der Waals surface area contributed by atoms with Crippen molar-refractivity contribution in [2.24, 2.45) is 0 Å². The van der Waals surface area contributed by atoms with Gasteiger partial charge in [-0.2, -0.15) is 0 Å². The number of aromatic nitrogens is 3. The van der Waals surface area contributed by atoms with Crippen LogP contribution in [0.3, 0.4) is 0 Å². The quantitative estimate of drug-likeness (QED) is 0.819. The summed E-state index contributed by atoms with van der Waals surface area (Å²) in [5.41, 5.74) is 1.81. The molecule has 0 radical (unpaired) electrons. The summed E-state index contributed by atoms with van der Waals surface area (Å²) in [5.74, 6) is 0. The largest absolute Gasteiger partial charge is 0.297 e. The standard InChI is InChI=1S/C14H18N4O3S2/c1-8-12(22-9(2)15-8)7-18-5-4-11-10(6-18)13(19)17-14(16-11)23(3,20)21/h4-7H2,1-3H3,(H,16,17,19). The van der Waals surface area contributed by atoms with Gasteiger partial charge in [0, 0.05) is 37.2 Å². The van der Waals surface area contributed by atoms with Gasteiger partial charge >= 0.3 is 0 Å². The van der Waals surface area contributed by atoms with Crippen molar-refractivity contribution in [1.82, 2.24) is 19.9 Å². The second-order valence-corrected chi connectivity index (χ2v) is 8.99. The maximum Gasteiger partial charge on any atom is 0.256 e. The SMILES string of the molecule is Cc1nc(C)c(CN2CCc3nc(S(C)(=O)=O)[nH]c(=O)c3C2)s1. The van der Waals surface area contributed by atoms with E-state index in [1.54, 1.807) is 11.3 Å². The van der Waals surface area contributed by atoms with Crippen molar-refractivity contribution in [3.05, 3.63) is 37.2 Å². The average molecular weight is 354 g/mol. The lowest BCUT2D eigenvalue weighted by Crippen LogP contribution is -2.36. The fraction of sp³-hybridized carbons (Fsp3) is 0.500. The fourth-order valence-electron chi connectivity index (χ4n) is 2.69. The van der Waals surface area contributed by atoms with E-state index in [1.165, 1.54) is 4.88 Å². The highest BCUT2D eigenvalue weighted by Gasteiger charge is 2.24. The predicted molar refractivity (Wildman–Crippen MR) is 87.4 cm³/mol. The molecule has 1 N–H and O–H groups in total. The zero-order chi connectivity index (χ0) is 16.8. The molecule has 124 valence electrons. The minimum Gasteiger partial charge on any atom is -0.297 e. The lowest BCUT2D eigenvalue weighted by molar-refractivity contribution is 0.242. The number of hydrogen-bond acceptors (Lipinski definition) is 7. The summed E-state index contributed by atoms with van der Waals surface area (Å²) in [6.45, 7) is 5.92. The minimum atomic E-state index is -3.51. The minimum absolute atomic E-state index is 0.247. The van der Waals surface area contributed by atoms with Crippen LogP contribution >= 0.6 is 11.3 Å². The number of nitrogens with zero attached hydrogens (tertiary/aromatic N) is 3. The first-order valence-electron chi connectivity index (χ1n) is 7.21. The molecule has 1 aliphatic rings. The fourth-order valence-corrected chi connectivity index (χ4v) is 4.23. The van der Waals surface area contributed by atoms with Gasteiger partial charge in [0.15, 0.2) is 0 Å². The lowest BCUT2D eigenvalue weighted by atomic mass is 10.1. The van der Waals surface area contributed by atoms with Crippen LogP contribution in [0.2, 0.25) is 0 Å². The first-order valence-corrected chi connectivity index (χ1v) is 9.92. The summed E-state index contributed by atoms with van der Waals surface area (Å²) in [4.78, 5) is 26.5. The monoisotopic (exact) mass is 354 g/mol. The van der Waals surface area contributed by atoms with E-state index in [-0.39, 0.29) is 10.7 Å². The van der Waals surface area contributed by atoms with Crippen LogP contribution in [0.15, 0.2) is 9.95 Å². The van der Waals surface area contributed by atoms with Gasteiger partial charge in [-0.15, -0.1) is 11.3 Å². The van der Waals surface area contributed by atoms with Crippen molar-refractivity contribution in [2.45, 2.75) is 38.5 Å². The molecule has 7 nitrogen and oxygen atoms in total. The summed E-state index contributed by atoms with van der Waals surface area (Å²) in [7, 11) is -3.51. The summed E-state index contributed by atoms with van der Waals surface area (Å²) >= 11 is 1.67. The van der Waals surface area contributed by atoms with E-state index in [0.717, 1.165) is 30.0 Å². The van der Waals surface area contributed by atoms with Crippen LogP contribution in [0.5, 0.6) is 0 Å². The molecule has 0 amide bonds. The Hall–Kier alpha value is -1.58. The number of nitrogens with one attached hydrogen (secondary N) is 1. The second-order valence-electron chi connectivity index (χ2n) is 5.77. The van der Waals surface area contributed by atoms with Gasteiger partial charge in [-0.05, 0) is 13.8 Å². The molecule has 0 unspecified atom stereocenters. The highest BCUT2D eigenvalue weighted by molar-refractivity contribution is 7.90. The molecule has 0 bridgehead atoms. The maximum atomic E-state index is 12.2. The van der Waals surface area contributed by atoms with E-state index in [1.807, 2.05) is 13.8 Å². The summed E-state index contributed by atoms with van der Waals surface area (Å²) in [6, 6.07) is 0. The highest BCUT2D eigenvalue weighted by Crippen LogP contribution is 2.22. The molecule has 3 rings (SSSR count). The van der Waals surface area contributed by atoms with Crippen LogP contribution in [0.25, 0.3) is 0 Å². The number of fused-ring (bicyclic) bond motifs is 1. The molecule has 0 spiro atoms. The first kappa shape index (κ1) is 16.3. The highest BCUT2D eigenvalue weighted by atomic mass is 32.2. The van der Waals surface area contributed by atoms with Gasteiger partial charge in [0.1, 0.15) is 0 Å². The van der Waals surface area contributed by atoms with E-state index >= 15 is 0 Å². The molecule has 2 aromatic rings. The third-order valence-electron chi connectivity index (χ3n) is 3.84. The molecule has 0 fully saturated rings. The molecule has 9 heteroatoms. The van der Waals surface area contributed by atoms with Crippen LogP contribution in [-0.4, -0.2) is 41.1 Å². The normalized spacial score (nSPS) is 15.6. The van der Waals surface area contributed by atoms with E-state index in [0.29, 0.717) is 24.2 Å². The number of thiazole rings is 1. The van der Waals surface area contributed by atoms with Gasteiger partial charge in [-0.3, -0.25) is 14.7 Å². The van der Waals surface area contributed by atoms with Crippen molar-refractivity contribution in [3.8, 4) is 0 Å². The second kappa shape index (κ2) is 5.81. The Balaban J connectivity index is 1.87. The summed E-state index contributed by atoms with van der Waals surface area (Å²) in [6.07, 6.45) is 1.61. The predicted octanol–water partition coefficient (Wildman–Crippen LogP) is 0.805. The number of rotatable bonds is 3. The van der Waals surface area contributed by atoms with Gasteiger partial charge in [0.2, 0.25) is 15.0 Å². The zero-order valence-electron chi connectivity index (χ0n) is 13.2. The van der Waals surface area contributed by atoms with Gasteiger partial charge in [-0.25, -0.2) is 18.4 Å². The number of H-pyrrole nitrogens is 1. The number of hydrogen-bond donors (Lipinski definition) is 1. The molecule has 1 aliphatic heterocycles. The van der Waals surface area contributed by atoms with Gasteiger partial charge in [0.05, 0.1) is 22.0 Å². The zero-order valence-corrected chi connectivity index (χ0v) is 14.8. The Morgan fingerprint density at radius 3 is 2.65 bits per heavy atom. The molecular weight excluding hydrogens is 336 g/mol. The first-order chi connectivity index (χ1) is 10.7. The van der Waals surface area contributed by atoms with E-state index in [4.69, 9.17) is 0 Å². The van der Waals surface area contributed by atoms with Crippen LogP contribution < -0.4 is 5.56 Å². The third kappa shape index (κ3) is 3.36. The van der Waals surface area contributed by atoms with E-state index in [2.05, 4.69) is 19.9 Å². The summed E-state index contributed by atoms with van der Waals surface area (Å²) in [5, 5.41) is 0.788. The van der Waals surface area contributed by atoms with Gasteiger partial charge < -0.3 is 0 Å². The number of aryl methyl sites for hydroxylation is 2. The van der Waals surface area contributed by atoms with Crippen molar-refractivity contribution in [2.75, 3.05) is 12.8 Å². The van der Waals surface area contributed by atoms with Crippen molar-refractivity contribution >= 4 is 21.2 Å². The molecular formula is C14H18N4O3S2. The third-order valence-corrected chi connectivity index (χ3v) is 5.80. The van der Waals surface area contributed by atoms with Crippen molar-refractivity contribution in [3.63, 3.8) is 0 Å². The Labute approximate surface area is 138 Å². The molecule has 0 saturated heterocycles. The molecule has 0 aromatic carbocycles. The average Bonchev–Trinajstić information content (AvgIpc) is 2.76. The van der Waals surface area contributed by atoms with Crippen molar-refractivity contribution < 1.29 is 8.42 Å². The van der Waals surface area contributed by atoms with Gasteiger partial charge in [-0.1, -0.05) is 0 Å². The van der Waals surface area contributed by atoms with Crippen molar-refractivity contribution in [1.29, 1.82) is 0 Å². The van der Waals surface area contributed by atoms with Crippen LogP contribution in [-0.2, 0) is 29.3 Å². The molecule has 0 atom stereocenters. The molecule has 0 aliphatic carbocycles. The maximum absolute atomic E-state index is 12.2. The smallest absolute Gasteiger partial charge is 0.256 e. The van der Waals surface area contributed by atoms with Gasteiger partial charge in [0.25, 0.3) is 5.56 Å². The Morgan fingerprint density at radius 1 is 1.30 bits per heavy atom. The molecule has 3 heterocycles. The molecule has 2 aromatic heterocycles. The Kier molecular flexibility index (Phi) is 4.11. The Morgan fingerprint density at radius 2 is 2.04 bits per heavy atom. The molecule has 23 heavy (non-hydrogen) atoms. The number of aromatic amines is 1. The molecule has 0 saturated carbocycles. The van der Waals surface area contributed by atoms with E-state index in [9.17, 15) is 13.2 Å². The summed E-state index contributed by atoms with van der Waals surface area (Å²) < 4.78 is 23.1. The van der Waals surface area contributed by atoms with Crippen LogP contribution in [0.1, 0.15) is 26.8 Å². The van der Waals surface area contributed by atoms with Crippen LogP contribution in [0, 0.1) is 13.8 Å². The Bertz CT molecular complexity index is 915. The lowest BCUT2D eigenvalue weighted by Gasteiger charge is -2.27. The number of sulfone groups is 1.